The Labute approximate surface area is 97.6 Å². The average Bonchev–Trinajstić information content (AvgIpc) is 2.19. The van der Waals surface area contributed by atoms with E-state index in [1.165, 1.54) is 12.1 Å². The van der Waals surface area contributed by atoms with E-state index >= 15 is 0 Å². The van der Waals surface area contributed by atoms with Crippen molar-refractivity contribution >= 4 is 17.7 Å². The van der Waals surface area contributed by atoms with Crippen LogP contribution in [0.2, 0.25) is 0 Å². The van der Waals surface area contributed by atoms with Crippen LogP contribution in [-0.2, 0) is 0 Å². The molecule has 0 spiro atoms. The van der Waals surface area contributed by atoms with E-state index in [0.29, 0.717) is 0 Å². The van der Waals surface area contributed by atoms with Gasteiger partial charge in [-0.15, -0.1) is 11.8 Å². The third-order valence-electron chi connectivity index (χ3n) is 1.86. The highest BCUT2D eigenvalue weighted by atomic mass is 32.2. The summed E-state index contributed by atoms with van der Waals surface area (Å²) in [4.78, 5) is 10.9. The summed E-state index contributed by atoms with van der Waals surface area (Å²) in [5.41, 5.74) is -0.0406. The number of carboxylic acid groups (broad SMARTS) is 1. The molecule has 0 radical (unpaired) electrons. The summed E-state index contributed by atoms with van der Waals surface area (Å²) >= 11 is 1.06. The number of halogens is 1. The van der Waals surface area contributed by atoms with Gasteiger partial charge >= 0.3 is 5.97 Å². The van der Waals surface area contributed by atoms with Crippen molar-refractivity contribution < 1.29 is 19.0 Å². The number of thioether (sulfide) groups is 1. The molecular formula is C11H13FO3S. The summed E-state index contributed by atoms with van der Waals surface area (Å²) < 4.78 is 19.1. The van der Waals surface area contributed by atoms with Gasteiger partial charge < -0.3 is 9.84 Å². The molecule has 1 N–H and O–H groups in total. The second kappa shape index (κ2) is 5.21. The Balaban J connectivity index is 3.23. The smallest absolute Gasteiger partial charge is 0.336 e. The van der Waals surface area contributed by atoms with Crippen molar-refractivity contribution in [3.63, 3.8) is 0 Å². The van der Waals surface area contributed by atoms with Crippen molar-refractivity contribution in [3.05, 3.63) is 23.5 Å². The molecule has 0 saturated heterocycles. The minimum absolute atomic E-state index is 0.0406. The second-order valence-corrected chi connectivity index (χ2v) is 4.25. The Morgan fingerprint density at radius 3 is 2.56 bits per heavy atom. The number of rotatable bonds is 4. The lowest BCUT2D eigenvalue weighted by Gasteiger charge is -2.13. The Hall–Kier alpha value is -1.23. The van der Waals surface area contributed by atoms with Crippen LogP contribution in [-0.4, -0.2) is 23.4 Å². The molecule has 3 nitrogen and oxygen atoms in total. The predicted octanol–water partition coefficient (Wildman–Crippen LogP) is 3.03. The van der Waals surface area contributed by atoms with E-state index in [1.54, 1.807) is 20.1 Å². The van der Waals surface area contributed by atoms with Gasteiger partial charge in [0.15, 0.2) is 11.6 Å². The number of benzene rings is 1. The lowest BCUT2D eigenvalue weighted by atomic mass is 10.2. The van der Waals surface area contributed by atoms with Crippen molar-refractivity contribution in [3.8, 4) is 5.75 Å². The first-order valence-corrected chi connectivity index (χ1v) is 5.96. The fourth-order valence-electron chi connectivity index (χ4n) is 1.25. The molecule has 0 fully saturated rings. The number of carbonyl (C=O) groups is 1. The molecule has 0 unspecified atom stereocenters. The zero-order valence-electron chi connectivity index (χ0n) is 9.28. The maximum absolute atomic E-state index is 13.8. The fourth-order valence-corrected chi connectivity index (χ4v) is 1.91. The van der Waals surface area contributed by atoms with Crippen LogP contribution >= 0.6 is 11.8 Å². The average molecular weight is 244 g/mol. The summed E-state index contributed by atoms with van der Waals surface area (Å²) in [6.45, 7) is 3.56. The molecule has 0 aromatic heterocycles. The largest absolute Gasteiger partial charge is 0.488 e. The normalized spacial score (nSPS) is 10.6. The second-order valence-electron chi connectivity index (χ2n) is 3.43. The molecule has 0 atom stereocenters. The quantitative estimate of drug-likeness (QED) is 0.827. The molecule has 0 bridgehead atoms. The van der Waals surface area contributed by atoms with Gasteiger partial charge in [-0.05, 0) is 32.2 Å². The van der Waals surface area contributed by atoms with E-state index in [2.05, 4.69) is 0 Å². The molecule has 1 rings (SSSR count). The van der Waals surface area contributed by atoms with Crippen molar-refractivity contribution in [2.24, 2.45) is 0 Å². The molecule has 0 aliphatic carbocycles. The topological polar surface area (TPSA) is 46.5 Å². The lowest BCUT2D eigenvalue weighted by molar-refractivity contribution is 0.0692. The molecule has 1 aromatic rings. The first-order chi connectivity index (χ1) is 7.47. The van der Waals surface area contributed by atoms with E-state index in [0.717, 1.165) is 11.8 Å². The molecule has 0 amide bonds. The van der Waals surface area contributed by atoms with Crippen LogP contribution in [0.15, 0.2) is 17.0 Å². The Kier molecular flexibility index (Phi) is 4.18. The van der Waals surface area contributed by atoms with Gasteiger partial charge in [-0.2, -0.15) is 0 Å². The monoisotopic (exact) mass is 244 g/mol. The van der Waals surface area contributed by atoms with E-state index in [1.807, 2.05) is 0 Å². The summed E-state index contributed by atoms with van der Waals surface area (Å²) in [7, 11) is 0. The molecule has 0 aliphatic rings. The molecule has 1 aromatic carbocycles. The standard InChI is InChI=1S/C11H13FO3S/c1-6(2)15-8-5-4-7(11(13)14)10(16-3)9(8)12/h4-6H,1-3H3,(H,13,14). The molecule has 0 saturated carbocycles. The Bertz CT molecular complexity index is 404. The maximum atomic E-state index is 13.8. The number of carboxylic acids is 1. The predicted molar refractivity (Wildman–Crippen MR) is 60.9 cm³/mol. The first kappa shape index (κ1) is 12.8. The number of hydrogen-bond donors (Lipinski definition) is 1. The highest BCUT2D eigenvalue weighted by molar-refractivity contribution is 7.98. The fraction of sp³-hybridized carbons (Fsp3) is 0.364. The van der Waals surface area contributed by atoms with E-state index in [4.69, 9.17) is 9.84 Å². The van der Waals surface area contributed by atoms with Crippen LogP contribution in [0.5, 0.6) is 5.75 Å². The van der Waals surface area contributed by atoms with Crippen molar-refractivity contribution in [2.75, 3.05) is 6.26 Å². The van der Waals surface area contributed by atoms with Gasteiger partial charge in [-0.3, -0.25) is 0 Å². The highest BCUT2D eigenvalue weighted by Crippen LogP contribution is 2.31. The minimum atomic E-state index is -1.14. The van der Waals surface area contributed by atoms with Crippen LogP contribution in [0.1, 0.15) is 24.2 Å². The van der Waals surface area contributed by atoms with Crippen LogP contribution < -0.4 is 4.74 Å². The SMILES string of the molecule is CSc1c(C(=O)O)ccc(OC(C)C)c1F. The maximum Gasteiger partial charge on any atom is 0.336 e. The lowest BCUT2D eigenvalue weighted by Crippen LogP contribution is -2.09. The van der Waals surface area contributed by atoms with Crippen LogP contribution in [0.4, 0.5) is 4.39 Å². The third kappa shape index (κ3) is 2.66. The summed E-state index contributed by atoms with van der Waals surface area (Å²) in [5, 5.41) is 8.87. The van der Waals surface area contributed by atoms with Gasteiger partial charge in [0.05, 0.1) is 16.6 Å². The van der Waals surface area contributed by atoms with Crippen molar-refractivity contribution in [1.29, 1.82) is 0 Å². The molecule has 88 valence electrons. The first-order valence-electron chi connectivity index (χ1n) is 4.73. The van der Waals surface area contributed by atoms with Crippen molar-refractivity contribution in [2.45, 2.75) is 24.8 Å². The van der Waals surface area contributed by atoms with Crippen LogP contribution in [0.25, 0.3) is 0 Å². The van der Waals surface area contributed by atoms with Gasteiger partial charge in [0, 0.05) is 0 Å². The molecule has 16 heavy (non-hydrogen) atoms. The summed E-state index contributed by atoms with van der Waals surface area (Å²) in [6, 6.07) is 2.70. The molecule has 5 heteroatoms. The van der Waals surface area contributed by atoms with Gasteiger partial charge in [0.1, 0.15) is 0 Å². The van der Waals surface area contributed by atoms with Gasteiger partial charge in [-0.25, -0.2) is 9.18 Å². The van der Waals surface area contributed by atoms with Gasteiger partial charge in [0.25, 0.3) is 0 Å². The molecule has 0 heterocycles. The zero-order chi connectivity index (χ0) is 12.3. The minimum Gasteiger partial charge on any atom is -0.488 e. The summed E-state index contributed by atoms with van der Waals surface area (Å²) in [6.07, 6.45) is 1.48. The van der Waals surface area contributed by atoms with E-state index in [9.17, 15) is 9.18 Å². The number of ether oxygens (including phenoxy) is 1. The van der Waals surface area contributed by atoms with Crippen molar-refractivity contribution in [1.82, 2.24) is 0 Å². The highest BCUT2D eigenvalue weighted by Gasteiger charge is 2.18. The summed E-state index contributed by atoms with van der Waals surface area (Å²) in [5.74, 6) is -1.66. The Morgan fingerprint density at radius 2 is 2.12 bits per heavy atom. The molecule has 0 aliphatic heterocycles. The zero-order valence-corrected chi connectivity index (χ0v) is 10.1. The third-order valence-corrected chi connectivity index (χ3v) is 2.67. The Morgan fingerprint density at radius 1 is 1.50 bits per heavy atom. The molecular weight excluding hydrogens is 231 g/mol. The van der Waals surface area contributed by atoms with Gasteiger partial charge in [-0.1, -0.05) is 0 Å². The van der Waals surface area contributed by atoms with Crippen LogP contribution in [0.3, 0.4) is 0 Å². The van der Waals surface area contributed by atoms with Crippen LogP contribution in [0, 0.1) is 5.82 Å². The number of aromatic carboxylic acids is 1. The van der Waals surface area contributed by atoms with Gasteiger partial charge in [0.2, 0.25) is 0 Å². The van der Waals surface area contributed by atoms with E-state index in [-0.39, 0.29) is 22.3 Å². The van der Waals surface area contributed by atoms with E-state index < -0.39 is 11.8 Å². The number of hydrogen-bond acceptors (Lipinski definition) is 3.